The largest absolute Gasteiger partial charge is 0.454 e. The van der Waals surface area contributed by atoms with Gasteiger partial charge in [-0.2, -0.15) is 0 Å². The summed E-state index contributed by atoms with van der Waals surface area (Å²) in [6.07, 6.45) is 0. The second-order valence-electron chi connectivity index (χ2n) is 9.32. The lowest BCUT2D eigenvalue weighted by Crippen LogP contribution is -2.48. The van der Waals surface area contributed by atoms with Crippen LogP contribution in [0.2, 0.25) is 0 Å². The summed E-state index contributed by atoms with van der Waals surface area (Å²) >= 11 is 5.52. The average Bonchev–Trinajstić information content (AvgIpc) is 3.39. The zero-order chi connectivity index (χ0) is 25.4. The third-order valence-electron chi connectivity index (χ3n) is 6.92. The van der Waals surface area contributed by atoms with Gasteiger partial charge >= 0.3 is 0 Å². The van der Waals surface area contributed by atoms with E-state index in [-0.39, 0.29) is 18.3 Å². The molecule has 1 amide bonds. The van der Waals surface area contributed by atoms with Crippen LogP contribution in [0.5, 0.6) is 11.5 Å². The summed E-state index contributed by atoms with van der Waals surface area (Å²) in [6.45, 7) is 4.35. The second-order valence-corrected chi connectivity index (χ2v) is 9.71. The first kappa shape index (κ1) is 23.4. The van der Waals surface area contributed by atoms with Crippen LogP contribution in [0.25, 0.3) is 10.9 Å². The van der Waals surface area contributed by atoms with Gasteiger partial charge < -0.3 is 19.4 Å². The summed E-state index contributed by atoms with van der Waals surface area (Å²) in [5.41, 5.74) is 3.05. The number of piperazine rings is 1. The van der Waals surface area contributed by atoms with Crippen LogP contribution in [0.3, 0.4) is 0 Å². The standard InChI is InChI=1S/C28H26N4O4S/c33-26(31-12-10-30(11-13-31)16-19-4-2-1-3-5-19)21-7-8-22-23(15-21)29-28(37)32(27(22)34)17-20-6-9-24-25(14-20)36-18-35-24/h1-9,14-15H,10-13,16-18H2,(H,29,37). The van der Waals surface area contributed by atoms with E-state index in [9.17, 15) is 9.59 Å². The van der Waals surface area contributed by atoms with E-state index >= 15 is 0 Å². The molecule has 0 radical (unpaired) electrons. The molecule has 8 nitrogen and oxygen atoms in total. The van der Waals surface area contributed by atoms with Gasteiger partial charge in [0.05, 0.1) is 17.4 Å². The predicted octanol–water partition coefficient (Wildman–Crippen LogP) is 3.79. The number of rotatable bonds is 5. The van der Waals surface area contributed by atoms with Crippen molar-refractivity contribution in [3.8, 4) is 11.5 Å². The lowest BCUT2D eigenvalue weighted by Gasteiger charge is -2.34. The Bertz CT molecular complexity index is 1590. The number of hydrogen-bond acceptors (Lipinski definition) is 6. The van der Waals surface area contributed by atoms with Crippen molar-refractivity contribution in [1.82, 2.24) is 19.4 Å². The zero-order valence-electron chi connectivity index (χ0n) is 20.2. The highest BCUT2D eigenvalue weighted by Gasteiger charge is 2.23. The van der Waals surface area contributed by atoms with Gasteiger partial charge in [-0.3, -0.25) is 19.1 Å². The van der Waals surface area contributed by atoms with Crippen molar-refractivity contribution < 1.29 is 14.3 Å². The SMILES string of the molecule is O=C(c1ccc2c(=O)n(Cc3ccc4c(c3)OCO4)c(=S)[nH]c2c1)N1CCN(Cc2ccccc2)CC1. The van der Waals surface area contributed by atoms with Gasteiger partial charge in [-0.1, -0.05) is 36.4 Å². The Labute approximate surface area is 218 Å². The molecule has 0 bridgehead atoms. The van der Waals surface area contributed by atoms with Gasteiger partial charge in [0, 0.05) is 38.3 Å². The lowest BCUT2D eigenvalue weighted by atomic mass is 10.1. The van der Waals surface area contributed by atoms with Crippen molar-refractivity contribution in [2.45, 2.75) is 13.1 Å². The van der Waals surface area contributed by atoms with Crippen LogP contribution in [-0.2, 0) is 13.1 Å². The highest BCUT2D eigenvalue weighted by molar-refractivity contribution is 7.71. The Hall–Kier alpha value is -3.95. The Kier molecular flexibility index (Phi) is 6.23. The normalized spacial score (nSPS) is 15.3. The molecule has 37 heavy (non-hydrogen) atoms. The van der Waals surface area contributed by atoms with Crippen LogP contribution >= 0.6 is 12.2 Å². The molecule has 6 rings (SSSR count). The Balaban J connectivity index is 1.18. The molecule has 0 spiro atoms. The van der Waals surface area contributed by atoms with Gasteiger partial charge in [-0.05, 0) is 53.7 Å². The van der Waals surface area contributed by atoms with E-state index in [2.05, 4.69) is 22.0 Å². The van der Waals surface area contributed by atoms with Crippen molar-refractivity contribution in [3.05, 3.63) is 98.5 Å². The van der Waals surface area contributed by atoms with E-state index in [1.165, 1.54) is 10.1 Å². The lowest BCUT2D eigenvalue weighted by molar-refractivity contribution is 0.0628. The Morgan fingerprint density at radius 3 is 2.46 bits per heavy atom. The van der Waals surface area contributed by atoms with E-state index in [1.807, 2.05) is 41.3 Å². The first-order valence-electron chi connectivity index (χ1n) is 12.3. The molecular weight excluding hydrogens is 488 g/mol. The highest BCUT2D eigenvalue weighted by atomic mass is 32.1. The number of aromatic amines is 1. The quantitative estimate of drug-likeness (QED) is 0.408. The van der Waals surface area contributed by atoms with Crippen LogP contribution in [0, 0.1) is 4.77 Å². The summed E-state index contributed by atoms with van der Waals surface area (Å²) < 4.78 is 12.6. The molecule has 2 aliphatic rings. The van der Waals surface area contributed by atoms with E-state index < -0.39 is 0 Å². The maximum absolute atomic E-state index is 13.3. The summed E-state index contributed by atoms with van der Waals surface area (Å²) in [4.78, 5) is 33.9. The van der Waals surface area contributed by atoms with Crippen LogP contribution < -0.4 is 15.0 Å². The number of fused-ring (bicyclic) bond motifs is 2. The predicted molar refractivity (Wildman–Crippen MR) is 143 cm³/mol. The molecule has 3 heterocycles. The first-order valence-corrected chi connectivity index (χ1v) is 12.7. The van der Waals surface area contributed by atoms with Gasteiger partial charge in [0.1, 0.15) is 0 Å². The van der Waals surface area contributed by atoms with Crippen molar-refractivity contribution in [1.29, 1.82) is 0 Å². The Morgan fingerprint density at radius 1 is 0.865 bits per heavy atom. The molecule has 188 valence electrons. The minimum atomic E-state index is -0.204. The highest BCUT2D eigenvalue weighted by Crippen LogP contribution is 2.32. The van der Waals surface area contributed by atoms with Crippen LogP contribution in [-0.4, -0.2) is 58.2 Å². The van der Waals surface area contributed by atoms with Gasteiger partial charge in [-0.25, -0.2) is 0 Å². The van der Waals surface area contributed by atoms with E-state index in [0.29, 0.717) is 52.4 Å². The molecule has 1 saturated heterocycles. The summed E-state index contributed by atoms with van der Waals surface area (Å²) in [5.74, 6) is 1.31. The van der Waals surface area contributed by atoms with Crippen molar-refractivity contribution in [2.24, 2.45) is 0 Å². The molecule has 3 aromatic carbocycles. The number of ether oxygens (including phenoxy) is 2. The van der Waals surface area contributed by atoms with Gasteiger partial charge in [0.2, 0.25) is 6.79 Å². The number of aromatic nitrogens is 2. The summed E-state index contributed by atoms with van der Waals surface area (Å²) in [5, 5.41) is 0.485. The summed E-state index contributed by atoms with van der Waals surface area (Å²) in [7, 11) is 0. The number of nitrogens with zero attached hydrogens (tertiary/aromatic N) is 3. The minimum Gasteiger partial charge on any atom is -0.454 e. The third kappa shape index (κ3) is 4.75. The fourth-order valence-electron chi connectivity index (χ4n) is 4.89. The Morgan fingerprint density at radius 2 is 1.65 bits per heavy atom. The number of carbonyl (C=O) groups excluding carboxylic acids is 1. The van der Waals surface area contributed by atoms with Crippen molar-refractivity contribution in [3.63, 3.8) is 0 Å². The number of H-pyrrole nitrogens is 1. The number of hydrogen-bond donors (Lipinski definition) is 1. The topological polar surface area (TPSA) is 79.8 Å². The smallest absolute Gasteiger partial charge is 0.262 e. The van der Waals surface area contributed by atoms with Gasteiger partial charge in [0.25, 0.3) is 11.5 Å². The van der Waals surface area contributed by atoms with Crippen molar-refractivity contribution >= 4 is 29.0 Å². The maximum atomic E-state index is 13.3. The number of amides is 1. The number of benzene rings is 3. The van der Waals surface area contributed by atoms with Crippen LogP contribution in [0.1, 0.15) is 21.5 Å². The van der Waals surface area contributed by atoms with Gasteiger partial charge in [-0.15, -0.1) is 0 Å². The molecule has 1 N–H and O–H groups in total. The molecule has 1 aromatic heterocycles. The van der Waals surface area contributed by atoms with E-state index in [4.69, 9.17) is 21.7 Å². The van der Waals surface area contributed by atoms with E-state index in [1.54, 1.807) is 18.2 Å². The number of nitrogens with one attached hydrogen (secondary N) is 1. The molecule has 0 unspecified atom stereocenters. The second kappa shape index (κ2) is 9.84. The maximum Gasteiger partial charge on any atom is 0.262 e. The molecule has 4 aromatic rings. The van der Waals surface area contributed by atoms with E-state index in [0.717, 1.165) is 25.2 Å². The molecule has 0 aliphatic carbocycles. The van der Waals surface area contributed by atoms with Crippen LogP contribution in [0.15, 0.2) is 71.5 Å². The molecule has 2 aliphatic heterocycles. The first-order chi connectivity index (χ1) is 18.0. The molecule has 9 heteroatoms. The monoisotopic (exact) mass is 514 g/mol. The molecule has 0 saturated carbocycles. The minimum absolute atomic E-state index is 0.0369. The molecule has 0 atom stereocenters. The third-order valence-corrected chi connectivity index (χ3v) is 7.24. The zero-order valence-corrected chi connectivity index (χ0v) is 21.0. The number of carbonyl (C=O) groups is 1. The fourth-order valence-corrected chi connectivity index (χ4v) is 5.14. The average molecular weight is 515 g/mol. The van der Waals surface area contributed by atoms with Crippen molar-refractivity contribution in [2.75, 3.05) is 33.0 Å². The summed E-state index contributed by atoms with van der Waals surface area (Å²) in [6, 6.07) is 21.1. The molecular formula is C28H26N4O4S. The molecule has 1 fully saturated rings. The van der Waals surface area contributed by atoms with Gasteiger partial charge in [0.15, 0.2) is 16.3 Å². The van der Waals surface area contributed by atoms with Crippen LogP contribution in [0.4, 0.5) is 0 Å². The fraction of sp³-hybridized carbons (Fsp3) is 0.250.